The normalized spacial score (nSPS) is 12.2. The highest BCUT2D eigenvalue weighted by Crippen LogP contribution is 2.25. The van der Waals surface area contributed by atoms with Gasteiger partial charge < -0.3 is 10.2 Å². The topological polar surface area (TPSA) is 90.0 Å². The lowest BCUT2D eigenvalue weighted by molar-refractivity contribution is -0.140. The molecule has 11 heteroatoms. The van der Waals surface area contributed by atoms with Crippen molar-refractivity contribution in [1.29, 1.82) is 0 Å². The molecule has 0 fully saturated rings. The summed E-state index contributed by atoms with van der Waals surface area (Å²) in [5, 5.41) is 3.48. The number of hydrogen-bond donors (Lipinski definition) is 1. The molecule has 0 saturated carbocycles. The van der Waals surface area contributed by atoms with E-state index in [0.29, 0.717) is 27.8 Å². The minimum absolute atomic E-state index is 0.00893. The van der Waals surface area contributed by atoms with Gasteiger partial charge in [-0.3, -0.25) is 9.59 Å². The van der Waals surface area contributed by atoms with Gasteiger partial charge in [0, 0.05) is 33.6 Å². The summed E-state index contributed by atoms with van der Waals surface area (Å²) in [7, 11) is -1.24. The first-order valence-corrected chi connectivity index (χ1v) is 14.5. The number of benzene rings is 3. The lowest BCUT2D eigenvalue weighted by atomic mass is 10.0. The van der Waals surface area contributed by atoms with Gasteiger partial charge in [0.15, 0.2) is 0 Å². The van der Waals surface area contributed by atoms with Gasteiger partial charge in [-0.2, -0.15) is 12.7 Å². The number of carbonyl (C=O) groups excluding carboxylic acids is 2. The molecule has 39 heavy (non-hydrogen) atoms. The number of rotatable bonds is 12. The van der Waals surface area contributed by atoms with Gasteiger partial charge in [0.05, 0.1) is 15.7 Å². The fraction of sp³-hybridized carbons (Fsp3) is 0.286. The third-order valence-electron chi connectivity index (χ3n) is 6.02. The molecule has 0 bridgehead atoms. The van der Waals surface area contributed by atoms with E-state index in [1.165, 1.54) is 19.0 Å². The van der Waals surface area contributed by atoms with E-state index in [4.69, 9.17) is 23.2 Å². The Morgan fingerprint density at radius 1 is 0.872 bits per heavy atom. The quantitative estimate of drug-likeness (QED) is 0.339. The van der Waals surface area contributed by atoms with E-state index >= 15 is 0 Å². The van der Waals surface area contributed by atoms with Crippen LogP contribution in [0.2, 0.25) is 10.0 Å². The second-order valence-electron chi connectivity index (χ2n) is 9.00. The van der Waals surface area contributed by atoms with Crippen LogP contribution in [0.4, 0.5) is 5.69 Å². The van der Waals surface area contributed by atoms with Crippen molar-refractivity contribution in [3.63, 3.8) is 0 Å². The Morgan fingerprint density at radius 3 is 2.05 bits per heavy atom. The van der Waals surface area contributed by atoms with Crippen molar-refractivity contribution in [3.8, 4) is 0 Å². The summed E-state index contributed by atoms with van der Waals surface area (Å²) in [4.78, 5) is 28.8. The van der Waals surface area contributed by atoms with Crippen molar-refractivity contribution >= 4 is 50.9 Å². The Bertz CT molecular complexity index is 1370. The minimum atomic E-state index is -4.04. The highest BCUT2D eigenvalue weighted by Gasteiger charge is 2.34. The van der Waals surface area contributed by atoms with Crippen LogP contribution in [0.5, 0.6) is 0 Å². The van der Waals surface area contributed by atoms with Gasteiger partial charge in [-0.15, -0.1) is 0 Å². The van der Waals surface area contributed by atoms with E-state index in [0.717, 1.165) is 14.2 Å². The molecule has 1 unspecified atom stereocenters. The lowest BCUT2D eigenvalue weighted by Gasteiger charge is -2.34. The predicted octanol–water partition coefficient (Wildman–Crippen LogP) is 4.38. The number of nitrogens with one attached hydrogen (secondary N) is 1. The van der Waals surface area contributed by atoms with Gasteiger partial charge in [-0.25, -0.2) is 4.31 Å². The van der Waals surface area contributed by atoms with Gasteiger partial charge in [-0.1, -0.05) is 77.8 Å². The molecule has 3 aromatic carbocycles. The molecule has 0 aliphatic rings. The van der Waals surface area contributed by atoms with Crippen LogP contribution >= 0.6 is 23.2 Å². The molecule has 0 saturated heterocycles. The van der Waals surface area contributed by atoms with E-state index in [1.54, 1.807) is 55.5 Å². The molecule has 208 valence electrons. The van der Waals surface area contributed by atoms with Crippen molar-refractivity contribution in [2.24, 2.45) is 0 Å². The smallest absolute Gasteiger partial charge is 0.304 e. The van der Waals surface area contributed by atoms with Gasteiger partial charge >= 0.3 is 10.2 Å². The molecule has 0 aliphatic carbocycles. The van der Waals surface area contributed by atoms with Crippen LogP contribution in [0.3, 0.4) is 0 Å². The standard InChI is InChI=1S/C28H32Cl2N4O4S/c1-4-31-28(36)26(18-21-11-7-5-8-12-21)33(19-22-15-16-24(29)25(30)17-22)27(35)20-34(39(37,38)32(2)3)23-13-9-6-10-14-23/h5-17,26H,4,18-20H2,1-3H3,(H,31,36). The number of para-hydroxylation sites is 1. The first-order valence-electron chi connectivity index (χ1n) is 12.3. The zero-order valence-electron chi connectivity index (χ0n) is 22.1. The number of carbonyl (C=O) groups is 2. The SMILES string of the molecule is CCNC(=O)C(Cc1ccccc1)N(Cc1ccc(Cl)c(Cl)c1)C(=O)CN(c1ccccc1)S(=O)(=O)N(C)C. The fourth-order valence-electron chi connectivity index (χ4n) is 3.99. The van der Waals surface area contributed by atoms with E-state index in [-0.39, 0.29) is 18.9 Å². The zero-order valence-corrected chi connectivity index (χ0v) is 24.4. The lowest BCUT2D eigenvalue weighted by Crippen LogP contribution is -2.54. The van der Waals surface area contributed by atoms with Crippen LogP contribution in [0.15, 0.2) is 78.9 Å². The average molecular weight is 592 g/mol. The van der Waals surface area contributed by atoms with Gasteiger partial charge in [-0.05, 0) is 42.3 Å². The maximum absolute atomic E-state index is 14.1. The minimum Gasteiger partial charge on any atom is -0.355 e. The number of hydrogen-bond acceptors (Lipinski definition) is 4. The highest BCUT2D eigenvalue weighted by molar-refractivity contribution is 7.90. The third-order valence-corrected chi connectivity index (χ3v) is 8.58. The van der Waals surface area contributed by atoms with Crippen molar-refractivity contribution in [2.45, 2.75) is 25.9 Å². The summed E-state index contributed by atoms with van der Waals surface area (Å²) in [6, 6.07) is 21.8. The molecule has 0 spiro atoms. The molecule has 3 rings (SSSR count). The zero-order chi connectivity index (χ0) is 28.6. The molecular formula is C28H32Cl2N4O4S. The molecule has 3 aromatic rings. The second kappa shape index (κ2) is 13.8. The fourth-order valence-corrected chi connectivity index (χ4v) is 5.37. The van der Waals surface area contributed by atoms with Gasteiger partial charge in [0.2, 0.25) is 11.8 Å². The molecular weight excluding hydrogens is 559 g/mol. The Balaban J connectivity index is 2.08. The first kappa shape index (κ1) is 30.4. The predicted molar refractivity (Wildman–Crippen MR) is 156 cm³/mol. The summed E-state index contributed by atoms with van der Waals surface area (Å²) >= 11 is 12.4. The van der Waals surface area contributed by atoms with Crippen LogP contribution in [0.25, 0.3) is 0 Å². The number of amides is 2. The molecule has 1 N–H and O–H groups in total. The van der Waals surface area contributed by atoms with Crippen LogP contribution in [0, 0.1) is 0 Å². The molecule has 2 amide bonds. The second-order valence-corrected chi connectivity index (χ2v) is 11.9. The summed E-state index contributed by atoms with van der Waals surface area (Å²) in [6.07, 6.45) is 0.228. The maximum atomic E-state index is 14.1. The largest absolute Gasteiger partial charge is 0.355 e. The summed E-state index contributed by atoms with van der Waals surface area (Å²) in [5.74, 6) is -0.904. The number of nitrogens with zero attached hydrogens (tertiary/aromatic N) is 3. The van der Waals surface area contributed by atoms with Crippen LogP contribution in [-0.2, 0) is 32.8 Å². The van der Waals surface area contributed by atoms with E-state index in [9.17, 15) is 18.0 Å². The van der Waals surface area contributed by atoms with E-state index in [1.807, 2.05) is 30.3 Å². The molecule has 8 nitrogen and oxygen atoms in total. The summed E-state index contributed by atoms with van der Waals surface area (Å²) in [6.45, 7) is 1.65. The molecule has 0 aliphatic heterocycles. The van der Waals surface area contributed by atoms with Crippen LogP contribution in [0.1, 0.15) is 18.1 Å². The number of anilines is 1. The summed E-state index contributed by atoms with van der Waals surface area (Å²) < 4.78 is 28.7. The van der Waals surface area contributed by atoms with Gasteiger partial charge in [0.25, 0.3) is 0 Å². The highest BCUT2D eigenvalue weighted by atomic mass is 35.5. The Labute approximate surface area is 240 Å². The maximum Gasteiger partial charge on any atom is 0.304 e. The molecule has 0 aromatic heterocycles. The average Bonchev–Trinajstić information content (AvgIpc) is 2.92. The number of halogens is 2. The van der Waals surface area contributed by atoms with Crippen molar-refractivity contribution in [1.82, 2.24) is 14.5 Å². The number of likely N-dealkylation sites (N-methyl/N-ethyl adjacent to an activating group) is 1. The van der Waals surface area contributed by atoms with Crippen molar-refractivity contribution < 1.29 is 18.0 Å². The monoisotopic (exact) mass is 590 g/mol. The summed E-state index contributed by atoms with van der Waals surface area (Å²) in [5.41, 5.74) is 1.81. The first-order chi connectivity index (χ1) is 18.5. The Morgan fingerprint density at radius 2 is 1.49 bits per heavy atom. The van der Waals surface area contributed by atoms with Crippen LogP contribution in [-0.4, -0.2) is 62.7 Å². The van der Waals surface area contributed by atoms with Crippen molar-refractivity contribution in [3.05, 3.63) is 100 Å². The Hall–Kier alpha value is -3.11. The van der Waals surface area contributed by atoms with E-state index < -0.39 is 28.7 Å². The molecule has 0 radical (unpaired) electrons. The van der Waals surface area contributed by atoms with Crippen molar-refractivity contribution in [2.75, 3.05) is 31.5 Å². The van der Waals surface area contributed by atoms with E-state index in [2.05, 4.69) is 5.32 Å². The Kier molecular flexibility index (Phi) is 10.8. The van der Waals surface area contributed by atoms with Crippen LogP contribution < -0.4 is 9.62 Å². The third kappa shape index (κ3) is 7.95. The molecule has 1 atom stereocenters. The molecule has 0 heterocycles. The van der Waals surface area contributed by atoms with Gasteiger partial charge in [0.1, 0.15) is 12.6 Å².